The molecule has 1 aromatic heterocycles. The second-order valence-corrected chi connectivity index (χ2v) is 11.8. The van der Waals surface area contributed by atoms with Gasteiger partial charge >= 0.3 is 0 Å². The van der Waals surface area contributed by atoms with Gasteiger partial charge in [0.1, 0.15) is 12.2 Å². The average molecular weight is 683 g/mol. The van der Waals surface area contributed by atoms with Gasteiger partial charge in [0.05, 0.1) is 42.5 Å². The number of benzene rings is 1. The fraction of sp³-hybridized carbons (Fsp3) is 0.533. The monoisotopic (exact) mass is 682 g/mol. The summed E-state index contributed by atoms with van der Waals surface area (Å²) < 4.78 is 17.7. The predicted molar refractivity (Wildman–Crippen MR) is 159 cm³/mol. The second-order valence-electron chi connectivity index (χ2n) is 10.6. The summed E-state index contributed by atoms with van der Waals surface area (Å²) in [6, 6.07) is 4.43. The fourth-order valence-corrected chi connectivity index (χ4v) is 6.43. The molecule has 3 unspecified atom stereocenters. The lowest BCUT2D eigenvalue weighted by atomic mass is 9.87. The first kappa shape index (κ1) is 31.3. The summed E-state index contributed by atoms with van der Waals surface area (Å²) in [5.41, 5.74) is 1.76. The number of furan rings is 1. The van der Waals surface area contributed by atoms with Crippen molar-refractivity contribution in [1.82, 2.24) is 10.2 Å². The number of carbonyl (C=O) groups excluding carboxylic acids is 2. The number of carbonyl (C=O) groups is 2. The molecule has 1 saturated carbocycles. The van der Waals surface area contributed by atoms with Crippen LogP contribution >= 0.6 is 22.6 Å². The molecule has 2 aliphatic carbocycles. The van der Waals surface area contributed by atoms with Gasteiger partial charge in [0, 0.05) is 37.1 Å². The molecule has 0 saturated heterocycles. The number of rotatable bonds is 13. The number of halogens is 1. The Morgan fingerprint density at radius 2 is 1.98 bits per heavy atom. The van der Waals surface area contributed by atoms with Gasteiger partial charge < -0.3 is 39.4 Å². The number of aliphatic hydroxyl groups is 3. The van der Waals surface area contributed by atoms with Crippen molar-refractivity contribution in [2.24, 2.45) is 5.92 Å². The molecule has 2 aliphatic rings. The van der Waals surface area contributed by atoms with Gasteiger partial charge in [0.2, 0.25) is 11.8 Å². The molecular formula is C30H39IN2O8. The Morgan fingerprint density at radius 1 is 1.20 bits per heavy atom. The van der Waals surface area contributed by atoms with Crippen molar-refractivity contribution in [2.75, 3.05) is 20.3 Å². The number of ether oxygens (including phenoxy) is 2. The standard InChI is InChI=1S/C30H39IN2O8/c1-39-26-13-21(17-35)12-23(31)29(26)41-25-15-22(30(38)32-9-10-34)14-24(28(25)37)33(16-20-8-11-40-18-20)27(36)7-6-19-4-2-3-5-19/h8,11-13,15,18-19,24-25,28,34-35,37H,2-7,9-10,14,16-17H2,1H3,(H,32,38). The summed E-state index contributed by atoms with van der Waals surface area (Å²) in [6.45, 7) is -0.111. The van der Waals surface area contributed by atoms with Crippen LogP contribution in [-0.2, 0) is 22.7 Å². The minimum Gasteiger partial charge on any atom is -0.493 e. The quantitative estimate of drug-likeness (QED) is 0.236. The van der Waals surface area contributed by atoms with E-state index in [0.717, 1.165) is 24.8 Å². The van der Waals surface area contributed by atoms with Crippen LogP contribution < -0.4 is 14.8 Å². The maximum atomic E-state index is 13.8. The number of hydrogen-bond acceptors (Lipinski definition) is 8. The van der Waals surface area contributed by atoms with Crippen molar-refractivity contribution in [2.45, 2.75) is 76.3 Å². The highest BCUT2D eigenvalue weighted by atomic mass is 127. The molecule has 4 rings (SSSR count). The highest BCUT2D eigenvalue weighted by Crippen LogP contribution is 2.37. The van der Waals surface area contributed by atoms with Gasteiger partial charge in [-0.1, -0.05) is 25.7 Å². The lowest BCUT2D eigenvalue weighted by Gasteiger charge is -2.40. The molecule has 0 spiro atoms. The van der Waals surface area contributed by atoms with Gasteiger partial charge in [-0.15, -0.1) is 0 Å². The maximum absolute atomic E-state index is 13.8. The molecule has 2 amide bonds. The topological polar surface area (TPSA) is 142 Å². The Kier molecular flexibility index (Phi) is 11.5. The lowest BCUT2D eigenvalue weighted by Crippen LogP contribution is -2.54. The third kappa shape index (κ3) is 8.02. The van der Waals surface area contributed by atoms with Crippen LogP contribution in [0.15, 0.2) is 46.8 Å². The molecule has 1 fully saturated rings. The molecule has 1 aromatic carbocycles. The largest absolute Gasteiger partial charge is 0.493 e. The molecule has 10 nitrogen and oxygen atoms in total. The van der Waals surface area contributed by atoms with Crippen LogP contribution in [0.2, 0.25) is 0 Å². The van der Waals surface area contributed by atoms with Gasteiger partial charge in [-0.25, -0.2) is 0 Å². The molecule has 224 valence electrons. The summed E-state index contributed by atoms with van der Waals surface area (Å²) in [5, 5.41) is 33.2. The summed E-state index contributed by atoms with van der Waals surface area (Å²) in [5.74, 6) is 0.757. The zero-order chi connectivity index (χ0) is 29.4. The molecular weight excluding hydrogens is 643 g/mol. The van der Waals surface area contributed by atoms with Crippen LogP contribution in [-0.4, -0.2) is 70.5 Å². The van der Waals surface area contributed by atoms with Crippen molar-refractivity contribution >= 4 is 34.4 Å². The van der Waals surface area contributed by atoms with Gasteiger partial charge in [-0.05, 0) is 64.8 Å². The Bertz CT molecular complexity index is 1200. The van der Waals surface area contributed by atoms with Crippen LogP contribution in [0.25, 0.3) is 0 Å². The van der Waals surface area contributed by atoms with Crippen LogP contribution in [0.5, 0.6) is 11.5 Å². The SMILES string of the molecule is COc1cc(CO)cc(I)c1OC1C=C(C(=O)NCCO)CC(N(Cc2ccoc2)C(=O)CCC2CCCC2)C1O. The number of hydrogen-bond donors (Lipinski definition) is 4. The molecule has 2 aromatic rings. The van der Waals surface area contributed by atoms with E-state index in [1.807, 2.05) is 0 Å². The van der Waals surface area contributed by atoms with Crippen LogP contribution in [0.1, 0.15) is 56.1 Å². The van der Waals surface area contributed by atoms with Crippen LogP contribution in [0.3, 0.4) is 0 Å². The van der Waals surface area contributed by atoms with E-state index >= 15 is 0 Å². The first-order chi connectivity index (χ1) is 19.8. The fourth-order valence-electron chi connectivity index (χ4n) is 5.63. The first-order valence-electron chi connectivity index (χ1n) is 14.1. The van der Waals surface area contributed by atoms with E-state index in [2.05, 4.69) is 27.9 Å². The molecule has 0 aliphatic heterocycles. The summed E-state index contributed by atoms with van der Waals surface area (Å²) in [7, 11) is 1.48. The number of nitrogens with zero attached hydrogens (tertiary/aromatic N) is 1. The van der Waals surface area contributed by atoms with Gasteiger partial charge in [-0.3, -0.25) is 9.59 Å². The molecule has 41 heavy (non-hydrogen) atoms. The molecule has 0 radical (unpaired) electrons. The van der Waals surface area contributed by atoms with Crippen molar-refractivity contribution in [3.05, 3.63) is 57.1 Å². The van der Waals surface area contributed by atoms with Crippen molar-refractivity contribution in [1.29, 1.82) is 0 Å². The van der Waals surface area contributed by atoms with E-state index in [0.29, 0.717) is 38.5 Å². The van der Waals surface area contributed by atoms with E-state index < -0.39 is 24.2 Å². The van der Waals surface area contributed by atoms with E-state index in [9.17, 15) is 24.9 Å². The molecule has 3 atom stereocenters. The van der Waals surface area contributed by atoms with Crippen molar-refractivity contribution in [3.63, 3.8) is 0 Å². The highest BCUT2D eigenvalue weighted by Gasteiger charge is 2.41. The molecule has 4 N–H and O–H groups in total. The van der Waals surface area contributed by atoms with E-state index in [-0.39, 0.29) is 38.6 Å². The van der Waals surface area contributed by atoms with Gasteiger partial charge in [-0.2, -0.15) is 0 Å². The highest BCUT2D eigenvalue weighted by molar-refractivity contribution is 14.1. The molecule has 11 heteroatoms. The summed E-state index contributed by atoms with van der Waals surface area (Å²) in [4.78, 5) is 28.5. The van der Waals surface area contributed by atoms with Crippen LogP contribution in [0, 0.1) is 9.49 Å². The smallest absolute Gasteiger partial charge is 0.247 e. The van der Waals surface area contributed by atoms with Crippen LogP contribution in [0.4, 0.5) is 0 Å². The van der Waals surface area contributed by atoms with E-state index in [4.69, 9.17) is 13.9 Å². The maximum Gasteiger partial charge on any atom is 0.247 e. The molecule has 0 bridgehead atoms. The second kappa shape index (κ2) is 15.0. The van der Waals surface area contributed by atoms with E-state index in [1.54, 1.807) is 35.4 Å². The Morgan fingerprint density at radius 3 is 2.63 bits per heavy atom. The van der Waals surface area contributed by atoms with Crippen molar-refractivity contribution in [3.8, 4) is 11.5 Å². The Balaban J connectivity index is 1.66. The average Bonchev–Trinajstić information content (AvgIpc) is 3.70. The third-order valence-corrected chi connectivity index (χ3v) is 8.64. The number of nitrogens with one attached hydrogen (secondary N) is 1. The third-order valence-electron chi connectivity index (χ3n) is 7.83. The zero-order valence-corrected chi connectivity index (χ0v) is 25.4. The number of amides is 2. The van der Waals surface area contributed by atoms with Crippen molar-refractivity contribution < 1.29 is 38.8 Å². The van der Waals surface area contributed by atoms with E-state index in [1.165, 1.54) is 26.2 Å². The number of methoxy groups -OCH3 is 1. The summed E-state index contributed by atoms with van der Waals surface area (Å²) >= 11 is 2.07. The normalized spacial score (nSPS) is 20.9. The molecule has 1 heterocycles. The first-order valence-corrected chi connectivity index (χ1v) is 15.1. The minimum absolute atomic E-state index is 0.0717. The predicted octanol–water partition coefficient (Wildman–Crippen LogP) is 3.30. The summed E-state index contributed by atoms with van der Waals surface area (Å²) in [6.07, 6.45) is 8.42. The Hall–Kier alpha value is -2.61. The van der Waals surface area contributed by atoms with Gasteiger partial charge in [0.15, 0.2) is 11.5 Å². The van der Waals surface area contributed by atoms with Gasteiger partial charge in [0.25, 0.3) is 0 Å². The lowest BCUT2D eigenvalue weighted by molar-refractivity contribution is -0.139. The number of aliphatic hydroxyl groups excluding tert-OH is 3. The zero-order valence-electron chi connectivity index (χ0n) is 23.3. The minimum atomic E-state index is -1.16. The Labute approximate surface area is 253 Å².